The third kappa shape index (κ3) is 2.66. The van der Waals surface area contributed by atoms with Crippen LogP contribution in [0.25, 0.3) is 0 Å². The zero-order valence-electron chi connectivity index (χ0n) is 10.2. The standard InChI is InChI=1S/C13H6Br2N2O3S/c14-8-4-9(21-10(8)15)13(20)16-5-1-2-6-7(3-5)12(19)17-11(6)18/h1-4H,(H,16,20)(H,17,18,19). The lowest BCUT2D eigenvalue weighted by atomic mass is 10.1. The molecule has 21 heavy (non-hydrogen) atoms. The van der Waals surface area contributed by atoms with Crippen molar-refractivity contribution in [1.82, 2.24) is 5.32 Å². The van der Waals surface area contributed by atoms with Crippen LogP contribution in [0.2, 0.25) is 0 Å². The first-order valence-electron chi connectivity index (χ1n) is 5.71. The first-order chi connectivity index (χ1) is 9.95. The molecule has 3 amide bonds. The number of amides is 3. The average molecular weight is 430 g/mol. The maximum absolute atomic E-state index is 12.1. The number of carbonyl (C=O) groups is 3. The molecule has 1 aromatic carbocycles. The van der Waals surface area contributed by atoms with Gasteiger partial charge in [0.25, 0.3) is 17.7 Å². The number of halogens is 2. The molecule has 0 fully saturated rings. The maximum Gasteiger partial charge on any atom is 0.265 e. The molecule has 0 saturated heterocycles. The second kappa shape index (κ2) is 5.36. The fourth-order valence-electron chi connectivity index (χ4n) is 1.90. The van der Waals surface area contributed by atoms with Crippen LogP contribution in [-0.2, 0) is 0 Å². The molecule has 0 unspecified atom stereocenters. The van der Waals surface area contributed by atoms with Crippen molar-refractivity contribution in [3.05, 3.63) is 48.5 Å². The number of anilines is 1. The van der Waals surface area contributed by atoms with E-state index in [-0.39, 0.29) is 11.5 Å². The van der Waals surface area contributed by atoms with E-state index in [2.05, 4.69) is 42.5 Å². The average Bonchev–Trinajstić information content (AvgIpc) is 2.91. The maximum atomic E-state index is 12.1. The summed E-state index contributed by atoms with van der Waals surface area (Å²) in [4.78, 5) is 35.7. The lowest BCUT2D eigenvalue weighted by Gasteiger charge is -2.04. The number of hydrogen-bond acceptors (Lipinski definition) is 4. The molecular weight excluding hydrogens is 424 g/mol. The Hall–Kier alpha value is -1.51. The van der Waals surface area contributed by atoms with Crippen molar-refractivity contribution in [2.24, 2.45) is 0 Å². The van der Waals surface area contributed by atoms with Gasteiger partial charge >= 0.3 is 0 Å². The molecule has 1 aromatic heterocycles. The summed E-state index contributed by atoms with van der Waals surface area (Å²) < 4.78 is 1.63. The highest BCUT2D eigenvalue weighted by Crippen LogP contribution is 2.32. The van der Waals surface area contributed by atoms with Crippen molar-refractivity contribution < 1.29 is 14.4 Å². The highest BCUT2D eigenvalue weighted by Gasteiger charge is 2.26. The van der Waals surface area contributed by atoms with E-state index in [9.17, 15) is 14.4 Å². The predicted molar refractivity (Wildman–Crippen MR) is 85.9 cm³/mol. The number of hydrogen-bond donors (Lipinski definition) is 2. The summed E-state index contributed by atoms with van der Waals surface area (Å²) in [6.07, 6.45) is 0. The lowest BCUT2D eigenvalue weighted by molar-refractivity contribution is 0.0878. The lowest BCUT2D eigenvalue weighted by Crippen LogP contribution is -2.19. The number of thiophene rings is 1. The summed E-state index contributed by atoms with van der Waals surface area (Å²) in [7, 11) is 0. The molecule has 1 aliphatic heterocycles. The molecule has 106 valence electrons. The van der Waals surface area contributed by atoms with Gasteiger partial charge in [-0.05, 0) is 56.1 Å². The Morgan fingerprint density at radius 2 is 1.81 bits per heavy atom. The van der Waals surface area contributed by atoms with E-state index in [1.807, 2.05) is 0 Å². The second-order valence-electron chi connectivity index (χ2n) is 4.23. The molecule has 2 heterocycles. The molecule has 0 spiro atoms. The third-order valence-electron chi connectivity index (χ3n) is 2.86. The normalized spacial score (nSPS) is 13.0. The van der Waals surface area contributed by atoms with Crippen molar-refractivity contribution >= 4 is 66.6 Å². The van der Waals surface area contributed by atoms with Crippen LogP contribution in [-0.4, -0.2) is 17.7 Å². The molecule has 0 aliphatic carbocycles. The van der Waals surface area contributed by atoms with Crippen molar-refractivity contribution in [2.45, 2.75) is 0 Å². The molecule has 5 nitrogen and oxygen atoms in total. The Kier molecular flexibility index (Phi) is 3.68. The minimum Gasteiger partial charge on any atom is -0.321 e. The van der Waals surface area contributed by atoms with Gasteiger partial charge in [-0.2, -0.15) is 0 Å². The van der Waals surface area contributed by atoms with Crippen LogP contribution in [0.4, 0.5) is 5.69 Å². The summed E-state index contributed by atoms with van der Waals surface area (Å²) in [5, 5.41) is 4.91. The van der Waals surface area contributed by atoms with Gasteiger partial charge in [-0.25, -0.2) is 0 Å². The van der Waals surface area contributed by atoms with Crippen LogP contribution in [0.3, 0.4) is 0 Å². The van der Waals surface area contributed by atoms with Crippen molar-refractivity contribution in [2.75, 3.05) is 5.32 Å². The first kappa shape index (κ1) is 14.4. The monoisotopic (exact) mass is 428 g/mol. The fraction of sp³-hybridized carbons (Fsp3) is 0. The zero-order chi connectivity index (χ0) is 15.1. The van der Waals surface area contributed by atoms with Gasteiger partial charge in [0.05, 0.1) is 19.8 Å². The van der Waals surface area contributed by atoms with Crippen molar-refractivity contribution in [1.29, 1.82) is 0 Å². The second-order valence-corrected chi connectivity index (χ2v) is 7.45. The van der Waals surface area contributed by atoms with Gasteiger partial charge in [0.15, 0.2) is 0 Å². The van der Waals surface area contributed by atoms with Crippen LogP contribution in [0.5, 0.6) is 0 Å². The highest BCUT2D eigenvalue weighted by atomic mass is 79.9. The Morgan fingerprint density at radius 1 is 1.10 bits per heavy atom. The summed E-state index contributed by atoms with van der Waals surface area (Å²) in [5.41, 5.74) is 1.05. The minimum absolute atomic E-state index is 0.270. The topological polar surface area (TPSA) is 75.3 Å². The zero-order valence-corrected chi connectivity index (χ0v) is 14.2. The van der Waals surface area contributed by atoms with Crippen LogP contribution < -0.4 is 10.6 Å². The van der Waals surface area contributed by atoms with Gasteiger partial charge in [-0.1, -0.05) is 0 Å². The number of imide groups is 1. The fourth-order valence-corrected chi connectivity index (χ4v) is 3.83. The van der Waals surface area contributed by atoms with E-state index < -0.39 is 11.8 Å². The molecular formula is C13H6Br2N2O3S. The summed E-state index contributed by atoms with van der Waals surface area (Å²) in [6, 6.07) is 6.30. The Bertz CT molecular complexity index is 781. The molecule has 2 N–H and O–H groups in total. The molecule has 0 atom stereocenters. The summed E-state index contributed by atoms with van der Waals surface area (Å²) in [6.45, 7) is 0. The number of benzene rings is 1. The van der Waals surface area contributed by atoms with Crippen LogP contribution in [0.1, 0.15) is 30.4 Å². The van der Waals surface area contributed by atoms with Gasteiger partial charge in [0.2, 0.25) is 0 Å². The molecule has 1 aliphatic rings. The quantitative estimate of drug-likeness (QED) is 0.718. The van der Waals surface area contributed by atoms with E-state index >= 15 is 0 Å². The minimum atomic E-state index is -0.451. The first-order valence-corrected chi connectivity index (χ1v) is 8.12. The van der Waals surface area contributed by atoms with Gasteiger partial charge in [-0.15, -0.1) is 11.3 Å². The summed E-state index contributed by atoms with van der Waals surface area (Å²) >= 11 is 7.94. The number of rotatable bonds is 2. The Labute approximate surface area is 140 Å². The van der Waals surface area contributed by atoms with E-state index in [1.165, 1.54) is 23.5 Å². The molecule has 2 aromatic rings. The van der Waals surface area contributed by atoms with E-state index in [4.69, 9.17) is 0 Å². The molecule has 3 rings (SSSR count). The Morgan fingerprint density at radius 3 is 2.48 bits per heavy atom. The molecule has 0 saturated carbocycles. The van der Waals surface area contributed by atoms with Crippen molar-refractivity contribution in [3.63, 3.8) is 0 Å². The number of carbonyl (C=O) groups excluding carboxylic acids is 3. The molecule has 0 bridgehead atoms. The number of nitrogens with one attached hydrogen (secondary N) is 2. The van der Waals surface area contributed by atoms with E-state index in [0.717, 1.165) is 8.26 Å². The largest absolute Gasteiger partial charge is 0.321 e. The molecule has 8 heteroatoms. The highest BCUT2D eigenvalue weighted by molar-refractivity contribution is 9.13. The van der Waals surface area contributed by atoms with Gasteiger partial charge in [0, 0.05) is 10.2 Å². The third-order valence-corrected chi connectivity index (χ3v) is 6.12. The summed E-state index contributed by atoms with van der Waals surface area (Å²) in [5.74, 6) is -1.15. The van der Waals surface area contributed by atoms with Crippen molar-refractivity contribution in [3.8, 4) is 0 Å². The Balaban J connectivity index is 1.86. The van der Waals surface area contributed by atoms with Crippen LogP contribution in [0.15, 0.2) is 32.5 Å². The van der Waals surface area contributed by atoms with Crippen LogP contribution >= 0.6 is 43.2 Å². The van der Waals surface area contributed by atoms with Gasteiger partial charge in [-0.3, -0.25) is 19.7 Å². The van der Waals surface area contributed by atoms with Crippen LogP contribution in [0, 0.1) is 0 Å². The van der Waals surface area contributed by atoms with Gasteiger partial charge < -0.3 is 5.32 Å². The van der Waals surface area contributed by atoms with Gasteiger partial charge in [0.1, 0.15) is 0 Å². The number of fused-ring (bicyclic) bond motifs is 1. The predicted octanol–water partition coefficient (Wildman–Crippen LogP) is 3.41. The van der Waals surface area contributed by atoms with E-state index in [1.54, 1.807) is 12.1 Å². The van der Waals surface area contributed by atoms with E-state index in [0.29, 0.717) is 16.1 Å². The smallest absolute Gasteiger partial charge is 0.265 e. The SMILES string of the molecule is O=C(Nc1ccc2c(c1)C(=O)NC2=O)c1cc(Br)c(Br)s1. The molecule has 0 radical (unpaired) electrons.